The molecule has 0 fully saturated rings. The Morgan fingerprint density at radius 2 is 1.93 bits per heavy atom. The highest BCUT2D eigenvalue weighted by atomic mass is 14.9. The van der Waals surface area contributed by atoms with Crippen LogP contribution in [0.1, 0.15) is 30.5 Å². The summed E-state index contributed by atoms with van der Waals surface area (Å²) >= 11 is 0. The molecular weight excluding hydrogens is 186 g/mol. The third kappa shape index (κ3) is 3.42. The zero-order chi connectivity index (χ0) is 11.1. The maximum absolute atomic E-state index is 8.64. The molecular formula is C12H13N3. The summed E-state index contributed by atoms with van der Waals surface area (Å²) in [5.74, 6) is 0. The van der Waals surface area contributed by atoms with E-state index in [-0.39, 0.29) is 6.04 Å². The average molecular weight is 199 g/mol. The van der Waals surface area contributed by atoms with E-state index >= 15 is 0 Å². The summed E-state index contributed by atoms with van der Waals surface area (Å²) in [6.45, 7) is 2.73. The summed E-state index contributed by atoms with van der Waals surface area (Å²) in [7, 11) is 0. The summed E-state index contributed by atoms with van der Waals surface area (Å²) in [4.78, 5) is 0. The van der Waals surface area contributed by atoms with E-state index in [1.165, 1.54) is 0 Å². The van der Waals surface area contributed by atoms with E-state index in [0.717, 1.165) is 5.56 Å². The second kappa shape index (κ2) is 5.80. The van der Waals surface area contributed by atoms with Crippen molar-refractivity contribution in [1.82, 2.24) is 5.32 Å². The number of nitrogens with one attached hydrogen (secondary N) is 1. The van der Waals surface area contributed by atoms with Crippen molar-refractivity contribution < 1.29 is 0 Å². The molecule has 1 aromatic rings. The van der Waals surface area contributed by atoms with Crippen LogP contribution >= 0.6 is 0 Å². The predicted molar refractivity (Wildman–Crippen MR) is 57.8 cm³/mol. The molecule has 0 spiro atoms. The van der Waals surface area contributed by atoms with Crippen molar-refractivity contribution in [3.8, 4) is 12.1 Å². The van der Waals surface area contributed by atoms with Crippen LogP contribution < -0.4 is 5.32 Å². The monoisotopic (exact) mass is 199 g/mol. The molecule has 1 atom stereocenters. The van der Waals surface area contributed by atoms with Crippen molar-refractivity contribution in [1.29, 1.82) is 10.5 Å². The summed E-state index contributed by atoms with van der Waals surface area (Å²) in [6, 6.07) is 11.9. The van der Waals surface area contributed by atoms with E-state index in [2.05, 4.69) is 17.5 Å². The summed E-state index contributed by atoms with van der Waals surface area (Å²) < 4.78 is 0. The van der Waals surface area contributed by atoms with Gasteiger partial charge in [-0.1, -0.05) is 12.1 Å². The van der Waals surface area contributed by atoms with Gasteiger partial charge in [0.15, 0.2) is 0 Å². The average Bonchev–Trinajstić information content (AvgIpc) is 2.29. The molecule has 3 heteroatoms. The molecule has 0 saturated carbocycles. The minimum Gasteiger partial charge on any atom is -0.309 e. The first-order valence-electron chi connectivity index (χ1n) is 4.88. The Balaban J connectivity index is 2.55. The molecule has 1 N–H and O–H groups in total. The van der Waals surface area contributed by atoms with Gasteiger partial charge in [-0.05, 0) is 24.6 Å². The number of nitriles is 2. The van der Waals surface area contributed by atoms with Crippen molar-refractivity contribution in [3.63, 3.8) is 0 Å². The van der Waals surface area contributed by atoms with E-state index in [1.807, 2.05) is 19.1 Å². The Morgan fingerprint density at radius 3 is 2.47 bits per heavy atom. The molecule has 0 aliphatic rings. The van der Waals surface area contributed by atoms with Crippen molar-refractivity contribution in [3.05, 3.63) is 35.4 Å². The number of nitrogens with zero attached hydrogens (tertiary/aromatic N) is 2. The van der Waals surface area contributed by atoms with Gasteiger partial charge in [-0.2, -0.15) is 10.5 Å². The maximum Gasteiger partial charge on any atom is 0.0991 e. The zero-order valence-corrected chi connectivity index (χ0v) is 8.70. The fourth-order valence-electron chi connectivity index (χ4n) is 1.31. The van der Waals surface area contributed by atoms with E-state index in [4.69, 9.17) is 10.5 Å². The molecule has 3 nitrogen and oxygen atoms in total. The van der Waals surface area contributed by atoms with Gasteiger partial charge in [0.05, 0.1) is 17.7 Å². The zero-order valence-electron chi connectivity index (χ0n) is 8.70. The van der Waals surface area contributed by atoms with E-state index in [9.17, 15) is 0 Å². The summed E-state index contributed by atoms with van der Waals surface area (Å²) in [6.07, 6.45) is 0.515. The molecule has 0 aliphatic carbocycles. The Labute approximate surface area is 90.0 Å². The third-order valence-corrected chi connectivity index (χ3v) is 2.23. The Hall–Kier alpha value is -1.84. The van der Waals surface area contributed by atoms with Gasteiger partial charge in [0, 0.05) is 19.0 Å². The predicted octanol–water partition coefficient (Wildman–Crippen LogP) is 2.12. The van der Waals surface area contributed by atoms with Crippen LogP contribution in [0.4, 0.5) is 0 Å². The van der Waals surface area contributed by atoms with Gasteiger partial charge in [-0.25, -0.2) is 0 Å². The van der Waals surface area contributed by atoms with Gasteiger partial charge in [0.25, 0.3) is 0 Å². The Bertz CT molecular complexity index is 381. The molecule has 1 aromatic carbocycles. The molecule has 76 valence electrons. The summed E-state index contributed by atoms with van der Waals surface area (Å²) in [5.41, 5.74) is 1.80. The maximum atomic E-state index is 8.64. The lowest BCUT2D eigenvalue weighted by molar-refractivity contribution is 0.583. The van der Waals surface area contributed by atoms with Crippen LogP contribution in [-0.2, 0) is 0 Å². The highest BCUT2D eigenvalue weighted by Gasteiger charge is 2.03. The van der Waals surface area contributed by atoms with Crippen molar-refractivity contribution in [2.24, 2.45) is 0 Å². The van der Waals surface area contributed by atoms with Crippen LogP contribution in [0.15, 0.2) is 24.3 Å². The lowest BCUT2D eigenvalue weighted by Crippen LogP contribution is -2.19. The lowest BCUT2D eigenvalue weighted by atomic mass is 10.1. The number of hydrogen-bond acceptors (Lipinski definition) is 3. The number of hydrogen-bond donors (Lipinski definition) is 1. The van der Waals surface area contributed by atoms with Crippen LogP contribution in [0.2, 0.25) is 0 Å². The SMILES string of the molecule is CC(NCCC#N)c1ccc(C#N)cc1. The van der Waals surface area contributed by atoms with Gasteiger partial charge in [0.1, 0.15) is 0 Å². The number of rotatable bonds is 4. The van der Waals surface area contributed by atoms with E-state index in [1.54, 1.807) is 12.1 Å². The molecule has 15 heavy (non-hydrogen) atoms. The molecule has 0 amide bonds. The van der Waals surface area contributed by atoms with Crippen LogP contribution in [0.3, 0.4) is 0 Å². The second-order valence-corrected chi connectivity index (χ2v) is 3.32. The normalized spacial score (nSPS) is 11.4. The molecule has 0 aromatic heterocycles. The van der Waals surface area contributed by atoms with Crippen molar-refractivity contribution >= 4 is 0 Å². The first-order chi connectivity index (χ1) is 7.27. The fraction of sp³-hybridized carbons (Fsp3) is 0.333. The van der Waals surface area contributed by atoms with Gasteiger partial charge < -0.3 is 5.32 Å². The minimum absolute atomic E-state index is 0.214. The molecule has 0 saturated heterocycles. The first-order valence-corrected chi connectivity index (χ1v) is 4.88. The van der Waals surface area contributed by atoms with Gasteiger partial charge >= 0.3 is 0 Å². The lowest BCUT2D eigenvalue weighted by Gasteiger charge is -2.12. The van der Waals surface area contributed by atoms with E-state index < -0.39 is 0 Å². The largest absolute Gasteiger partial charge is 0.309 e. The van der Waals surface area contributed by atoms with Crippen molar-refractivity contribution in [2.75, 3.05) is 6.54 Å². The molecule has 0 aliphatic heterocycles. The van der Waals surface area contributed by atoms with Crippen LogP contribution in [0.25, 0.3) is 0 Å². The van der Waals surface area contributed by atoms with Crippen LogP contribution in [0, 0.1) is 22.7 Å². The van der Waals surface area contributed by atoms with E-state index in [0.29, 0.717) is 18.5 Å². The number of benzene rings is 1. The fourth-order valence-corrected chi connectivity index (χ4v) is 1.31. The molecule has 0 bridgehead atoms. The smallest absolute Gasteiger partial charge is 0.0991 e. The standard InChI is InChI=1S/C12H13N3/c1-10(15-8-2-7-13)12-5-3-11(9-14)4-6-12/h3-6,10,15H,2,8H2,1H3. The molecule has 0 radical (unpaired) electrons. The van der Waals surface area contributed by atoms with Crippen molar-refractivity contribution in [2.45, 2.75) is 19.4 Å². The Kier molecular flexibility index (Phi) is 4.34. The third-order valence-electron chi connectivity index (χ3n) is 2.23. The first kappa shape index (κ1) is 11.2. The van der Waals surface area contributed by atoms with Gasteiger partial charge in [-0.15, -0.1) is 0 Å². The molecule has 0 heterocycles. The second-order valence-electron chi connectivity index (χ2n) is 3.32. The molecule has 1 unspecified atom stereocenters. The Morgan fingerprint density at radius 1 is 1.27 bits per heavy atom. The highest BCUT2D eigenvalue weighted by molar-refractivity contribution is 5.32. The van der Waals surface area contributed by atoms with Crippen LogP contribution in [0.5, 0.6) is 0 Å². The van der Waals surface area contributed by atoms with Gasteiger partial charge in [0.2, 0.25) is 0 Å². The summed E-state index contributed by atoms with van der Waals surface area (Å²) in [5, 5.41) is 20.3. The quantitative estimate of drug-likeness (QED) is 0.755. The van der Waals surface area contributed by atoms with Crippen LogP contribution in [-0.4, -0.2) is 6.54 Å². The molecule has 1 rings (SSSR count). The highest BCUT2D eigenvalue weighted by Crippen LogP contribution is 2.12. The van der Waals surface area contributed by atoms with Gasteiger partial charge in [-0.3, -0.25) is 0 Å². The minimum atomic E-state index is 0.214. The topological polar surface area (TPSA) is 59.6 Å².